The molecule has 136 valence electrons. The summed E-state index contributed by atoms with van der Waals surface area (Å²) in [6.45, 7) is 2.12. The number of hydrogen-bond donors (Lipinski definition) is 1. The smallest absolute Gasteiger partial charge is 0.261 e. The van der Waals surface area contributed by atoms with Crippen molar-refractivity contribution in [2.45, 2.75) is 25.7 Å². The van der Waals surface area contributed by atoms with E-state index >= 15 is 0 Å². The summed E-state index contributed by atoms with van der Waals surface area (Å²) in [7, 11) is 0. The quantitative estimate of drug-likeness (QED) is 0.876. The van der Waals surface area contributed by atoms with E-state index < -0.39 is 0 Å². The van der Waals surface area contributed by atoms with Crippen molar-refractivity contribution in [3.05, 3.63) is 55.6 Å². The second kappa shape index (κ2) is 7.07. The minimum absolute atomic E-state index is 0.0101. The predicted molar refractivity (Wildman–Crippen MR) is 99.8 cm³/mol. The zero-order chi connectivity index (χ0) is 18.1. The SMILES string of the molecule is O=C(c1ccsc1)N1CCCN(C(=O)c2cc3c([nH]c2=O)CCC3)CC1. The molecule has 3 heterocycles. The summed E-state index contributed by atoms with van der Waals surface area (Å²) >= 11 is 1.50. The molecule has 2 aliphatic rings. The third-order valence-electron chi connectivity index (χ3n) is 5.16. The molecule has 1 aliphatic carbocycles. The maximum atomic E-state index is 12.9. The fourth-order valence-electron chi connectivity index (χ4n) is 3.73. The Hall–Kier alpha value is -2.41. The Balaban J connectivity index is 1.48. The van der Waals surface area contributed by atoms with Gasteiger partial charge in [0.2, 0.25) is 0 Å². The molecule has 0 aromatic carbocycles. The van der Waals surface area contributed by atoms with Gasteiger partial charge in [-0.3, -0.25) is 14.4 Å². The van der Waals surface area contributed by atoms with Gasteiger partial charge in [-0.25, -0.2) is 0 Å². The highest BCUT2D eigenvalue weighted by Crippen LogP contribution is 2.20. The van der Waals surface area contributed by atoms with Gasteiger partial charge in [0.1, 0.15) is 5.56 Å². The van der Waals surface area contributed by atoms with Crippen LogP contribution in [0.2, 0.25) is 0 Å². The summed E-state index contributed by atoms with van der Waals surface area (Å²) in [5.74, 6) is -0.221. The van der Waals surface area contributed by atoms with E-state index in [2.05, 4.69) is 4.98 Å². The van der Waals surface area contributed by atoms with Crippen LogP contribution in [0.3, 0.4) is 0 Å². The third kappa shape index (κ3) is 3.19. The second-order valence-electron chi connectivity index (χ2n) is 6.82. The Labute approximate surface area is 155 Å². The van der Waals surface area contributed by atoms with Crippen LogP contribution >= 0.6 is 11.3 Å². The van der Waals surface area contributed by atoms with Crippen molar-refractivity contribution >= 4 is 23.2 Å². The number of thiophene rings is 1. The molecule has 0 bridgehead atoms. The molecule has 0 saturated carbocycles. The Morgan fingerprint density at radius 1 is 1.00 bits per heavy atom. The molecule has 2 aromatic rings. The fraction of sp³-hybridized carbons (Fsp3) is 0.421. The largest absolute Gasteiger partial charge is 0.337 e. The molecule has 2 amide bonds. The summed E-state index contributed by atoms with van der Waals surface area (Å²) in [6, 6.07) is 3.59. The summed E-state index contributed by atoms with van der Waals surface area (Å²) in [5, 5.41) is 3.74. The highest BCUT2D eigenvalue weighted by molar-refractivity contribution is 7.08. The lowest BCUT2D eigenvalue weighted by Gasteiger charge is -2.22. The van der Waals surface area contributed by atoms with E-state index in [4.69, 9.17) is 0 Å². The monoisotopic (exact) mass is 371 g/mol. The van der Waals surface area contributed by atoms with Crippen molar-refractivity contribution < 1.29 is 9.59 Å². The van der Waals surface area contributed by atoms with Gasteiger partial charge in [0.15, 0.2) is 0 Å². The van der Waals surface area contributed by atoms with Crippen LogP contribution in [0.25, 0.3) is 0 Å². The molecule has 6 nitrogen and oxygen atoms in total. The number of H-pyrrole nitrogens is 1. The standard InChI is InChI=1S/C19H21N3O3S/c23-17-15(11-13-3-1-4-16(13)20-17)19(25)22-7-2-6-21(8-9-22)18(24)14-5-10-26-12-14/h5,10-12H,1-4,6-9H2,(H,20,23). The number of nitrogens with zero attached hydrogens (tertiary/aromatic N) is 2. The number of hydrogen-bond acceptors (Lipinski definition) is 4. The van der Waals surface area contributed by atoms with Gasteiger partial charge in [-0.1, -0.05) is 0 Å². The molecule has 7 heteroatoms. The van der Waals surface area contributed by atoms with Crippen molar-refractivity contribution in [1.82, 2.24) is 14.8 Å². The van der Waals surface area contributed by atoms with Crippen LogP contribution in [0, 0.1) is 0 Å². The first-order chi connectivity index (χ1) is 12.6. The molecular weight excluding hydrogens is 350 g/mol. The van der Waals surface area contributed by atoms with Gasteiger partial charge in [0.05, 0.1) is 5.56 Å². The van der Waals surface area contributed by atoms with Crippen LogP contribution in [0.4, 0.5) is 0 Å². The normalized spacial score (nSPS) is 17.1. The summed E-state index contributed by atoms with van der Waals surface area (Å²) in [5.41, 5.74) is 2.67. The molecule has 0 unspecified atom stereocenters. The molecular formula is C19H21N3O3S. The molecule has 1 N–H and O–H groups in total. The van der Waals surface area contributed by atoms with Gasteiger partial charge in [0.25, 0.3) is 17.4 Å². The Bertz CT molecular complexity index is 888. The van der Waals surface area contributed by atoms with Crippen LogP contribution in [0.1, 0.15) is 44.8 Å². The minimum Gasteiger partial charge on any atom is -0.337 e. The Morgan fingerprint density at radius 3 is 2.50 bits per heavy atom. The fourth-order valence-corrected chi connectivity index (χ4v) is 4.36. The first-order valence-electron chi connectivity index (χ1n) is 8.99. The number of aryl methyl sites for hydroxylation is 2. The zero-order valence-electron chi connectivity index (χ0n) is 14.5. The van der Waals surface area contributed by atoms with Crippen LogP contribution in [-0.2, 0) is 12.8 Å². The number of aromatic amines is 1. The molecule has 2 aromatic heterocycles. The van der Waals surface area contributed by atoms with Gasteiger partial charge in [0, 0.05) is 37.3 Å². The predicted octanol–water partition coefficient (Wildman–Crippen LogP) is 1.91. The Morgan fingerprint density at radius 2 is 1.77 bits per heavy atom. The van der Waals surface area contributed by atoms with Crippen LogP contribution < -0.4 is 5.56 Å². The number of carbonyl (C=O) groups excluding carboxylic acids is 2. The molecule has 1 fully saturated rings. The maximum absolute atomic E-state index is 12.9. The maximum Gasteiger partial charge on any atom is 0.261 e. The number of fused-ring (bicyclic) bond motifs is 1. The van der Waals surface area contributed by atoms with Gasteiger partial charge < -0.3 is 14.8 Å². The van der Waals surface area contributed by atoms with Crippen molar-refractivity contribution in [3.63, 3.8) is 0 Å². The van der Waals surface area contributed by atoms with Crippen LogP contribution in [0.5, 0.6) is 0 Å². The van der Waals surface area contributed by atoms with Crippen molar-refractivity contribution in [3.8, 4) is 0 Å². The number of nitrogens with one attached hydrogen (secondary N) is 1. The number of aromatic nitrogens is 1. The lowest BCUT2D eigenvalue weighted by Crippen LogP contribution is -2.39. The van der Waals surface area contributed by atoms with Crippen LogP contribution in [-0.4, -0.2) is 52.8 Å². The van der Waals surface area contributed by atoms with E-state index in [9.17, 15) is 14.4 Å². The van der Waals surface area contributed by atoms with E-state index in [0.29, 0.717) is 38.2 Å². The number of carbonyl (C=O) groups is 2. The Kier molecular flexibility index (Phi) is 4.63. The first kappa shape index (κ1) is 17.0. The lowest BCUT2D eigenvalue weighted by molar-refractivity contribution is 0.0718. The van der Waals surface area contributed by atoms with E-state index in [1.165, 1.54) is 11.3 Å². The average Bonchev–Trinajstić information content (AvgIpc) is 3.26. The van der Waals surface area contributed by atoms with Crippen molar-refractivity contribution in [1.29, 1.82) is 0 Å². The number of rotatable bonds is 2. The van der Waals surface area contributed by atoms with Gasteiger partial charge in [-0.2, -0.15) is 11.3 Å². The third-order valence-corrected chi connectivity index (χ3v) is 5.84. The molecule has 0 radical (unpaired) electrons. The highest BCUT2D eigenvalue weighted by Gasteiger charge is 2.26. The van der Waals surface area contributed by atoms with E-state index in [1.807, 2.05) is 16.8 Å². The lowest BCUT2D eigenvalue weighted by atomic mass is 10.1. The molecule has 1 aliphatic heterocycles. The summed E-state index contributed by atoms with van der Waals surface area (Å²) in [4.78, 5) is 44.1. The van der Waals surface area contributed by atoms with Crippen LogP contribution in [0.15, 0.2) is 27.7 Å². The molecule has 1 saturated heterocycles. The van der Waals surface area contributed by atoms with E-state index in [1.54, 1.807) is 15.9 Å². The van der Waals surface area contributed by atoms with Gasteiger partial charge in [-0.05, 0) is 48.8 Å². The van der Waals surface area contributed by atoms with Gasteiger partial charge >= 0.3 is 0 Å². The molecule has 0 spiro atoms. The molecule has 26 heavy (non-hydrogen) atoms. The van der Waals surface area contributed by atoms with Crippen molar-refractivity contribution in [2.75, 3.05) is 26.2 Å². The van der Waals surface area contributed by atoms with E-state index in [-0.39, 0.29) is 22.9 Å². The summed E-state index contributed by atoms with van der Waals surface area (Å²) in [6.07, 6.45) is 3.52. The number of amides is 2. The highest BCUT2D eigenvalue weighted by atomic mass is 32.1. The average molecular weight is 371 g/mol. The van der Waals surface area contributed by atoms with Gasteiger partial charge in [-0.15, -0.1) is 0 Å². The molecule has 4 rings (SSSR count). The van der Waals surface area contributed by atoms with E-state index in [0.717, 1.165) is 30.5 Å². The first-order valence-corrected chi connectivity index (χ1v) is 9.93. The minimum atomic E-state index is -0.300. The zero-order valence-corrected chi connectivity index (χ0v) is 15.3. The van der Waals surface area contributed by atoms with Crippen molar-refractivity contribution in [2.24, 2.45) is 0 Å². The second-order valence-corrected chi connectivity index (χ2v) is 7.60. The number of pyridine rings is 1. The summed E-state index contributed by atoms with van der Waals surface area (Å²) < 4.78 is 0. The molecule has 0 atom stereocenters. The topological polar surface area (TPSA) is 73.5 Å².